The van der Waals surface area contributed by atoms with Gasteiger partial charge in [-0.2, -0.15) is 0 Å². The average molecular weight is 543 g/mol. The second-order valence-corrected chi connectivity index (χ2v) is 11.3. The summed E-state index contributed by atoms with van der Waals surface area (Å²) in [4.78, 5) is 14.2. The second-order valence-electron chi connectivity index (χ2n) is 9.57. The number of hydrogen-bond acceptors (Lipinski definition) is 5. The molecular weight excluding hydrogens is 514 g/mol. The molecule has 38 heavy (non-hydrogen) atoms. The van der Waals surface area contributed by atoms with E-state index >= 15 is 0 Å². The van der Waals surface area contributed by atoms with E-state index in [2.05, 4.69) is 4.72 Å². The van der Waals surface area contributed by atoms with Crippen LogP contribution in [0.15, 0.2) is 65.6 Å². The molecule has 1 aliphatic heterocycles. The van der Waals surface area contributed by atoms with Crippen molar-refractivity contribution in [3.63, 3.8) is 0 Å². The number of nitrogens with zero attached hydrogens (tertiary/aromatic N) is 1. The van der Waals surface area contributed by atoms with E-state index in [1.807, 2.05) is 18.2 Å². The van der Waals surface area contributed by atoms with Gasteiger partial charge in [0.1, 0.15) is 0 Å². The molecule has 200 valence electrons. The fourth-order valence-corrected chi connectivity index (χ4v) is 6.06. The van der Waals surface area contributed by atoms with Gasteiger partial charge < -0.3 is 14.4 Å². The van der Waals surface area contributed by atoms with E-state index in [0.29, 0.717) is 36.2 Å². The summed E-state index contributed by atoms with van der Waals surface area (Å²) in [5.41, 5.74) is 1.68. The zero-order chi connectivity index (χ0) is 26.9. The van der Waals surface area contributed by atoms with E-state index in [1.54, 1.807) is 30.2 Å². The molecule has 1 N–H and O–H groups in total. The highest BCUT2D eigenvalue weighted by atomic mass is 32.2. The molecule has 1 amide bonds. The van der Waals surface area contributed by atoms with Crippen molar-refractivity contribution in [2.75, 3.05) is 23.3 Å². The van der Waals surface area contributed by atoms with E-state index in [-0.39, 0.29) is 23.6 Å². The predicted octanol–water partition coefficient (Wildman–Crippen LogP) is 5.62. The number of benzene rings is 3. The summed E-state index contributed by atoms with van der Waals surface area (Å²) in [6, 6.07) is 14.5. The number of carbonyl (C=O) groups is 1. The summed E-state index contributed by atoms with van der Waals surface area (Å²) >= 11 is 0. The Bertz CT molecular complexity index is 1460. The lowest BCUT2D eigenvalue weighted by atomic mass is 9.98. The molecule has 7 nitrogen and oxygen atoms in total. The molecule has 0 bridgehead atoms. The average Bonchev–Trinajstić information content (AvgIpc) is 3.55. The van der Waals surface area contributed by atoms with Gasteiger partial charge in [-0.25, -0.2) is 17.2 Å². The van der Waals surface area contributed by atoms with Crippen LogP contribution in [0, 0.1) is 11.6 Å². The van der Waals surface area contributed by atoms with Crippen LogP contribution in [-0.4, -0.2) is 34.1 Å². The van der Waals surface area contributed by atoms with E-state index in [9.17, 15) is 22.0 Å². The molecule has 2 fully saturated rings. The van der Waals surface area contributed by atoms with E-state index in [4.69, 9.17) is 9.47 Å². The number of ether oxygens (including phenoxy) is 2. The first-order valence-corrected chi connectivity index (χ1v) is 13.9. The van der Waals surface area contributed by atoms with E-state index < -0.39 is 26.6 Å². The Kier molecular flexibility index (Phi) is 7.25. The lowest BCUT2D eigenvalue weighted by Gasteiger charge is -2.20. The van der Waals surface area contributed by atoms with Crippen molar-refractivity contribution in [3.05, 3.63) is 77.9 Å². The number of halogens is 2. The van der Waals surface area contributed by atoms with Crippen LogP contribution >= 0.6 is 0 Å². The third-order valence-electron chi connectivity index (χ3n) is 6.99. The maximum absolute atomic E-state index is 13.6. The van der Waals surface area contributed by atoms with Gasteiger partial charge in [0.15, 0.2) is 23.1 Å². The summed E-state index contributed by atoms with van der Waals surface area (Å²) in [6.45, 7) is 0.410. The number of methoxy groups -OCH3 is 1. The quantitative estimate of drug-likeness (QED) is 0.400. The molecule has 0 radical (unpaired) electrons. The van der Waals surface area contributed by atoms with Crippen LogP contribution < -0.4 is 19.1 Å². The molecule has 0 aromatic heterocycles. The Morgan fingerprint density at radius 3 is 2.47 bits per heavy atom. The van der Waals surface area contributed by atoms with Crippen molar-refractivity contribution >= 4 is 27.3 Å². The fourth-order valence-electron chi connectivity index (χ4n) is 5.00. The minimum absolute atomic E-state index is 0.0816. The van der Waals surface area contributed by atoms with Gasteiger partial charge in [0.05, 0.1) is 23.8 Å². The largest absolute Gasteiger partial charge is 0.493 e. The Morgan fingerprint density at radius 2 is 1.74 bits per heavy atom. The number of rotatable bonds is 8. The third-order valence-corrected chi connectivity index (χ3v) is 8.37. The van der Waals surface area contributed by atoms with Crippen molar-refractivity contribution in [2.24, 2.45) is 0 Å². The Balaban J connectivity index is 1.33. The number of nitrogens with one attached hydrogen (secondary N) is 1. The summed E-state index contributed by atoms with van der Waals surface area (Å²) < 4.78 is 66.3. The van der Waals surface area contributed by atoms with Crippen molar-refractivity contribution < 1.29 is 31.5 Å². The summed E-state index contributed by atoms with van der Waals surface area (Å²) in [5.74, 6) is -1.24. The van der Waals surface area contributed by atoms with Crippen LogP contribution in [0.1, 0.15) is 43.6 Å². The van der Waals surface area contributed by atoms with Gasteiger partial charge in [0, 0.05) is 24.6 Å². The smallest absolute Gasteiger partial charge is 0.262 e. The van der Waals surface area contributed by atoms with Crippen molar-refractivity contribution in [2.45, 2.75) is 49.0 Å². The first-order chi connectivity index (χ1) is 18.2. The Hall–Kier alpha value is -3.66. The van der Waals surface area contributed by atoms with Gasteiger partial charge in [0.2, 0.25) is 5.91 Å². The number of sulfonamides is 1. The molecule has 3 aromatic rings. The molecule has 1 saturated carbocycles. The first kappa shape index (κ1) is 26.0. The lowest BCUT2D eigenvalue weighted by Crippen LogP contribution is -2.24. The van der Waals surface area contributed by atoms with Crippen LogP contribution in [0.5, 0.6) is 11.5 Å². The van der Waals surface area contributed by atoms with Crippen molar-refractivity contribution in [3.8, 4) is 11.5 Å². The number of anilines is 2. The molecule has 1 heterocycles. The Labute approximate surface area is 220 Å². The normalized spacial score (nSPS) is 18.1. The van der Waals surface area contributed by atoms with Gasteiger partial charge in [-0.05, 0) is 79.8 Å². The predicted molar refractivity (Wildman–Crippen MR) is 139 cm³/mol. The van der Waals surface area contributed by atoms with Crippen LogP contribution in [-0.2, 0) is 14.8 Å². The van der Waals surface area contributed by atoms with Crippen molar-refractivity contribution in [1.29, 1.82) is 0 Å². The molecular formula is C28H28F2N2O5S. The number of carbonyl (C=O) groups excluding carboxylic acids is 1. The molecule has 1 saturated heterocycles. The summed E-state index contributed by atoms with van der Waals surface area (Å²) in [5, 5.41) is 0. The van der Waals surface area contributed by atoms with Gasteiger partial charge in [0.25, 0.3) is 10.0 Å². The standard InChI is InChI=1S/C28H28F2N2O5S/c1-36-26-12-9-18(13-27(26)37-22-7-2-3-8-22)19-14-28(33)32(17-19)21-6-4-5-20(15-21)31-38(34,35)23-10-11-24(29)25(30)16-23/h4-6,9-13,15-16,19,22,31H,2-3,7-8,14,17H2,1H3. The van der Waals surface area contributed by atoms with Crippen LogP contribution in [0.4, 0.5) is 20.2 Å². The third kappa shape index (κ3) is 5.45. The SMILES string of the molecule is COc1ccc(C2CC(=O)N(c3cccc(NS(=O)(=O)c4ccc(F)c(F)c4)c3)C2)cc1OC1CCCC1. The highest BCUT2D eigenvalue weighted by molar-refractivity contribution is 7.92. The van der Waals surface area contributed by atoms with Crippen molar-refractivity contribution in [1.82, 2.24) is 0 Å². The molecule has 2 aliphatic rings. The summed E-state index contributed by atoms with van der Waals surface area (Å²) in [7, 11) is -2.57. The number of amides is 1. The van der Waals surface area contributed by atoms with Gasteiger partial charge in [-0.15, -0.1) is 0 Å². The Morgan fingerprint density at radius 1 is 0.947 bits per heavy atom. The minimum Gasteiger partial charge on any atom is -0.493 e. The van der Waals surface area contributed by atoms with Gasteiger partial charge in [-0.3, -0.25) is 9.52 Å². The van der Waals surface area contributed by atoms with E-state index in [1.165, 1.54) is 6.07 Å². The topological polar surface area (TPSA) is 84.9 Å². The van der Waals surface area contributed by atoms with Gasteiger partial charge in [-0.1, -0.05) is 12.1 Å². The van der Waals surface area contributed by atoms with Crippen LogP contribution in [0.2, 0.25) is 0 Å². The van der Waals surface area contributed by atoms with Crippen LogP contribution in [0.3, 0.4) is 0 Å². The number of hydrogen-bond donors (Lipinski definition) is 1. The fraction of sp³-hybridized carbons (Fsp3) is 0.321. The zero-order valence-electron chi connectivity index (χ0n) is 20.8. The highest BCUT2D eigenvalue weighted by Gasteiger charge is 2.32. The highest BCUT2D eigenvalue weighted by Crippen LogP contribution is 2.38. The molecule has 3 aromatic carbocycles. The maximum atomic E-state index is 13.6. The monoisotopic (exact) mass is 542 g/mol. The molecule has 0 spiro atoms. The summed E-state index contributed by atoms with van der Waals surface area (Å²) in [6.07, 6.45) is 4.78. The minimum atomic E-state index is -4.17. The lowest BCUT2D eigenvalue weighted by molar-refractivity contribution is -0.117. The molecule has 1 atom stereocenters. The zero-order valence-corrected chi connectivity index (χ0v) is 21.6. The van der Waals surface area contributed by atoms with Crippen LogP contribution in [0.25, 0.3) is 0 Å². The molecule has 1 aliphatic carbocycles. The molecule has 1 unspecified atom stereocenters. The first-order valence-electron chi connectivity index (χ1n) is 12.5. The molecule has 5 rings (SSSR count). The maximum Gasteiger partial charge on any atom is 0.262 e. The molecule has 10 heteroatoms. The van der Waals surface area contributed by atoms with Gasteiger partial charge >= 0.3 is 0 Å². The second kappa shape index (κ2) is 10.6. The van der Waals surface area contributed by atoms with E-state index in [0.717, 1.165) is 43.4 Å².